The zero-order valence-electron chi connectivity index (χ0n) is 7.78. The molecule has 5 heteroatoms. The number of aryl methyl sites for hydroxylation is 1. The number of anilines is 1. The van der Waals surface area contributed by atoms with Gasteiger partial charge in [0.05, 0.1) is 5.69 Å². The van der Waals surface area contributed by atoms with E-state index in [1.165, 1.54) is 0 Å². The summed E-state index contributed by atoms with van der Waals surface area (Å²) in [5.74, 6) is 1.37. The van der Waals surface area contributed by atoms with Gasteiger partial charge in [-0.15, -0.1) is 5.10 Å². The van der Waals surface area contributed by atoms with E-state index in [0.717, 1.165) is 11.5 Å². The molecule has 1 aromatic rings. The molecule has 0 aliphatic carbocycles. The zero-order chi connectivity index (χ0) is 9.68. The van der Waals surface area contributed by atoms with Gasteiger partial charge in [-0.3, -0.25) is 4.21 Å². The normalized spacial score (nSPS) is 12.5. The van der Waals surface area contributed by atoms with E-state index in [1.807, 2.05) is 19.1 Å². The van der Waals surface area contributed by atoms with Gasteiger partial charge < -0.3 is 5.32 Å². The summed E-state index contributed by atoms with van der Waals surface area (Å²) in [5, 5.41) is 10.8. The number of aromatic nitrogens is 2. The van der Waals surface area contributed by atoms with Crippen molar-refractivity contribution in [2.45, 2.75) is 6.92 Å². The Morgan fingerprint density at radius 2 is 2.23 bits per heavy atom. The van der Waals surface area contributed by atoms with Gasteiger partial charge in [0.15, 0.2) is 0 Å². The van der Waals surface area contributed by atoms with E-state index in [2.05, 4.69) is 15.5 Å². The van der Waals surface area contributed by atoms with E-state index in [1.54, 1.807) is 6.26 Å². The van der Waals surface area contributed by atoms with Gasteiger partial charge in [0.25, 0.3) is 0 Å². The molecular formula is C8H13N3OS. The van der Waals surface area contributed by atoms with Crippen LogP contribution in [0.4, 0.5) is 5.82 Å². The minimum atomic E-state index is -0.754. The van der Waals surface area contributed by atoms with Crippen molar-refractivity contribution in [1.29, 1.82) is 0 Å². The molecule has 0 radical (unpaired) electrons. The molecule has 0 saturated carbocycles. The summed E-state index contributed by atoms with van der Waals surface area (Å²) in [6, 6.07) is 3.75. The predicted molar refractivity (Wildman–Crippen MR) is 54.2 cm³/mol. The SMILES string of the molecule is Cc1ccc(NCCS(C)=O)nn1. The zero-order valence-corrected chi connectivity index (χ0v) is 8.60. The van der Waals surface area contributed by atoms with E-state index in [-0.39, 0.29) is 0 Å². The summed E-state index contributed by atoms with van der Waals surface area (Å²) < 4.78 is 10.7. The summed E-state index contributed by atoms with van der Waals surface area (Å²) >= 11 is 0. The van der Waals surface area contributed by atoms with Crippen LogP contribution < -0.4 is 5.32 Å². The molecule has 0 saturated heterocycles. The van der Waals surface area contributed by atoms with Crippen molar-refractivity contribution in [3.8, 4) is 0 Å². The second-order valence-electron chi connectivity index (χ2n) is 2.76. The highest BCUT2D eigenvalue weighted by Crippen LogP contribution is 1.99. The Morgan fingerprint density at radius 3 is 2.77 bits per heavy atom. The topological polar surface area (TPSA) is 54.9 Å². The molecule has 0 amide bonds. The molecule has 1 heterocycles. The lowest BCUT2D eigenvalue weighted by atomic mass is 10.4. The third-order valence-corrected chi connectivity index (χ3v) is 2.27. The van der Waals surface area contributed by atoms with Gasteiger partial charge in [-0.2, -0.15) is 5.10 Å². The van der Waals surface area contributed by atoms with Crippen LogP contribution in [-0.4, -0.2) is 33.0 Å². The summed E-state index contributed by atoms with van der Waals surface area (Å²) in [7, 11) is -0.754. The maximum Gasteiger partial charge on any atom is 0.148 e. The first kappa shape index (κ1) is 10.1. The van der Waals surface area contributed by atoms with Gasteiger partial charge in [0.2, 0.25) is 0 Å². The Hall–Kier alpha value is -0.970. The first-order valence-corrected chi connectivity index (χ1v) is 5.75. The molecule has 13 heavy (non-hydrogen) atoms. The number of rotatable bonds is 4. The van der Waals surface area contributed by atoms with Crippen molar-refractivity contribution in [1.82, 2.24) is 10.2 Å². The van der Waals surface area contributed by atoms with Crippen LogP contribution in [0.25, 0.3) is 0 Å². The van der Waals surface area contributed by atoms with Crippen LogP contribution in [0, 0.1) is 6.92 Å². The maximum absolute atomic E-state index is 10.7. The van der Waals surface area contributed by atoms with Crippen molar-refractivity contribution in [2.75, 3.05) is 23.9 Å². The molecule has 72 valence electrons. The van der Waals surface area contributed by atoms with Gasteiger partial charge >= 0.3 is 0 Å². The van der Waals surface area contributed by atoms with Crippen LogP contribution in [0.2, 0.25) is 0 Å². The van der Waals surface area contributed by atoms with Crippen molar-refractivity contribution < 1.29 is 4.21 Å². The Bertz CT molecular complexity index is 286. The molecule has 0 aliphatic rings. The monoisotopic (exact) mass is 199 g/mol. The number of nitrogens with zero attached hydrogens (tertiary/aromatic N) is 2. The summed E-state index contributed by atoms with van der Waals surface area (Å²) in [6.07, 6.45) is 1.68. The highest BCUT2D eigenvalue weighted by molar-refractivity contribution is 7.84. The fourth-order valence-corrected chi connectivity index (χ4v) is 1.21. The Kier molecular flexibility index (Phi) is 3.82. The van der Waals surface area contributed by atoms with Gasteiger partial charge in [0, 0.05) is 29.4 Å². The standard InChI is InChI=1S/C8H13N3OS/c1-7-3-4-8(11-10-7)9-5-6-13(2)12/h3-4H,5-6H2,1-2H3,(H,9,11). The highest BCUT2D eigenvalue weighted by Gasteiger charge is 1.94. The van der Waals surface area contributed by atoms with Gasteiger partial charge in [-0.25, -0.2) is 0 Å². The molecule has 0 aromatic carbocycles. The van der Waals surface area contributed by atoms with Gasteiger partial charge in [-0.05, 0) is 19.1 Å². The van der Waals surface area contributed by atoms with Crippen LogP contribution in [0.15, 0.2) is 12.1 Å². The average Bonchev–Trinajstić information content (AvgIpc) is 2.08. The fourth-order valence-electron chi connectivity index (χ4n) is 0.816. The second kappa shape index (κ2) is 4.91. The predicted octanol–water partition coefficient (Wildman–Crippen LogP) is 0.575. The third kappa shape index (κ3) is 3.98. The van der Waals surface area contributed by atoms with Gasteiger partial charge in [0.1, 0.15) is 5.82 Å². The molecule has 1 rings (SSSR count). The molecule has 1 aromatic heterocycles. The quantitative estimate of drug-likeness (QED) is 0.770. The molecule has 0 bridgehead atoms. The largest absolute Gasteiger partial charge is 0.368 e. The van der Waals surface area contributed by atoms with E-state index in [9.17, 15) is 4.21 Å². The highest BCUT2D eigenvalue weighted by atomic mass is 32.2. The van der Waals surface area contributed by atoms with Crippen LogP contribution in [0.1, 0.15) is 5.69 Å². The van der Waals surface area contributed by atoms with Crippen molar-refractivity contribution in [2.24, 2.45) is 0 Å². The molecule has 0 aliphatic heterocycles. The van der Waals surface area contributed by atoms with Crippen molar-refractivity contribution >= 4 is 16.6 Å². The van der Waals surface area contributed by atoms with Crippen LogP contribution in [0.5, 0.6) is 0 Å². The lowest BCUT2D eigenvalue weighted by molar-refractivity contribution is 0.687. The minimum Gasteiger partial charge on any atom is -0.368 e. The number of hydrogen-bond donors (Lipinski definition) is 1. The van der Waals surface area contributed by atoms with Crippen LogP contribution in [-0.2, 0) is 10.8 Å². The van der Waals surface area contributed by atoms with Gasteiger partial charge in [-0.1, -0.05) is 0 Å². The first-order valence-electron chi connectivity index (χ1n) is 4.03. The Balaban J connectivity index is 2.37. The Labute approximate surface area is 80.2 Å². The minimum absolute atomic E-state index is 0.634. The molecule has 0 spiro atoms. The summed E-state index contributed by atoms with van der Waals surface area (Å²) in [5.41, 5.74) is 0.893. The molecule has 4 nitrogen and oxygen atoms in total. The lowest BCUT2D eigenvalue weighted by Crippen LogP contribution is -2.11. The maximum atomic E-state index is 10.7. The number of hydrogen-bond acceptors (Lipinski definition) is 4. The van der Waals surface area contributed by atoms with Crippen LogP contribution >= 0.6 is 0 Å². The summed E-state index contributed by atoms with van der Waals surface area (Å²) in [4.78, 5) is 0. The van der Waals surface area contributed by atoms with E-state index in [0.29, 0.717) is 12.3 Å². The fraction of sp³-hybridized carbons (Fsp3) is 0.500. The molecular weight excluding hydrogens is 186 g/mol. The van der Waals surface area contributed by atoms with Crippen molar-refractivity contribution in [3.63, 3.8) is 0 Å². The molecule has 1 atom stereocenters. The first-order chi connectivity index (χ1) is 6.18. The third-order valence-electron chi connectivity index (χ3n) is 1.49. The van der Waals surface area contributed by atoms with Crippen LogP contribution in [0.3, 0.4) is 0 Å². The molecule has 1 unspecified atom stereocenters. The average molecular weight is 199 g/mol. The molecule has 1 N–H and O–H groups in total. The van der Waals surface area contributed by atoms with E-state index < -0.39 is 10.8 Å². The summed E-state index contributed by atoms with van der Waals surface area (Å²) in [6.45, 7) is 2.55. The smallest absolute Gasteiger partial charge is 0.148 e. The Morgan fingerprint density at radius 1 is 1.46 bits per heavy atom. The second-order valence-corrected chi connectivity index (χ2v) is 4.32. The van der Waals surface area contributed by atoms with E-state index in [4.69, 9.17) is 0 Å². The van der Waals surface area contributed by atoms with Crippen molar-refractivity contribution in [3.05, 3.63) is 17.8 Å². The lowest BCUT2D eigenvalue weighted by Gasteiger charge is -2.02. The van der Waals surface area contributed by atoms with E-state index >= 15 is 0 Å². The number of nitrogens with one attached hydrogen (secondary N) is 1. The molecule has 0 fully saturated rings.